The molecule has 98 valence electrons. The smallest absolute Gasteiger partial charge is 0.255 e. The molecule has 0 fully saturated rings. The van der Waals surface area contributed by atoms with Gasteiger partial charge in [-0.25, -0.2) is 0 Å². The lowest BCUT2D eigenvalue weighted by atomic mass is 10.1. The van der Waals surface area contributed by atoms with Gasteiger partial charge < -0.3 is 10.4 Å². The Morgan fingerprint density at radius 3 is 2.74 bits per heavy atom. The lowest BCUT2D eigenvalue weighted by Gasteiger charge is -2.09. The lowest BCUT2D eigenvalue weighted by Crippen LogP contribution is -2.23. The van der Waals surface area contributed by atoms with Crippen LogP contribution in [0.1, 0.15) is 21.5 Å². The van der Waals surface area contributed by atoms with E-state index >= 15 is 0 Å². The summed E-state index contributed by atoms with van der Waals surface area (Å²) >= 11 is 5.81. The SMILES string of the molecule is Cc1ccccc1CNC(=O)c1cc(Cl)ccc1O. The number of nitrogens with one attached hydrogen (secondary N) is 1. The van der Waals surface area contributed by atoms with Crippen molar-refractivity contribution in [1.29, 1.82) is 0 Å². The number of rotatable bonds is 3. The van der Waals surface area contributed by atoms with Crippen LogP contribution in [-0.2, 0) is 6.54 Å². The van der Waals surface area contributed by atoms with E-state index in [9.17, 15) is 9.90 Å². The van der Waals surface area contributed by atoms with Crippen molar-refractivity contribution in [1.82, 2.24) is 5.32 Å². The molecule has 3 nitrogen and oxygen atoms in total. The summed E-state index contributed by atoms with van der Waals surface area (Å²) in [5.41, 5.74) is 2.33. The Morgan fingerprint density at radius 1 is 1.26 bits per heavy atom. The third-order valence-electron chi connectivity index (χ3n) is 2.90. The fourth-order valence-electron chi connectivity index (χ4n) is 1.77. The van der Waals surface area contributed by atoms with Gasteiger partial charge in [-0.2, -0.15) is 0 Å². The molecule has 0 aliphatic heterocycles. The molecule has 0 radical (unpaired) electrons. The Bertz CT molecular complexity index is 611. The van der Waals surface area contributed by atoms with Crippen molar-refractivity contribution in [3.8, 4) is 5.75 Å². The fraction of sp³-hybridized carbons (Fsp3) is 0.133. The molecular weight excluding hydrogens is 262 g/mol. The molecule has 2 N–H and O–H groups in total. The summed E-state index contributed by atoms with van der Waals surface area (Å²) in [7, 11) is 0. The molecule has 19 heavy (non-hydrogen) atoms. The van der Waals surface area contributed by atoms with Crippen LogP contribution >= 0.6 is 11.6 Å². The van der Waals surface area contributed by atoms with Gasteiger partial charge in [-0.05, 0) is 36.2 Å². The van der Waals surface area contributed by atoms with Gasteiger partial charge in [0.15, 0.2) is 0 Å². The van der Waals surface area contributed by atoms with E-state index in [-0.39, 0.29) is 17.2 Å². The van der Waals surface area contributed by atoms with Crippen LogP contribution in [0.4, 0.5) is 0 Å². The summed E-state index contributed by atoms with van der Waals surface area (Å²) < 4.78 is 0. The van der Waals surface area contributed by atoms with Crippen LogP contribution in [-0.4, -0.2) is 11.0 Å². The van der Waals surface area contributed by atoms with Gasteiger partial charge in [0.2, 0.25) is 0 Å². The Hall–Kier alpha value is -2.00. The topological polar surface area (TPSA) is 49.3 Å². The van der Waals surface area contributed by atoms with Crippen LogP contribution in [0.3, 0.4) is 0 Å². The number of benzene rings is 2. The summed E-state index contributed by atoms with van der Waals surface area (Å²) in [5.74, 6) is -0.421. The molecule has 0 bridgehead atoms. The highest BCUT2D eigenvalue weighted by atomic mass is 35.5. The van der Waals surface area contributed by atoms with Crippen LogP contribution in [0, 0.1) is 6.92 Å². The molecule has 0 atom stereocenters. The van der Waals surface area contributed by atoms with Crippen molar-refractivity contribution in [2.24, 2.45) is 0 Å². The number of carbonyl (C=O) groups is 1. The van der Waals surface area contributed by atoms with Crippen molar-refractivity contribution in [3.63, 3.8) is 0 Å². The predicted octanol–water partition coefficient (Wildman–Crippen LogP) is 3.28. The zero-order valence-corrected chi connectivity index (χ0v) is 11.2. The fourth-order valence-corrected chi connectivity index (χ4v) is 1.94. The zero-order valence-electron chi connectivity index (χ0n) is 10.5. The molecule has 0 unspecified atom stereocenters. The number of phenolic OH excluding ortho intramolecular Hbond substituents is 1. The van der Waals surface area contributed by atoms with E-state index in [1.165, 1.54) is 18.2 Å². The van der Waals surface area contributed by atoms with Gasteiger partial charge in [-0.1, -0.05) is 35.9 Å². The summed E-state index contributed by atoms with van der Waals surface area (Å²) in [5, 5.41) is 12.8. The quantitative estimate of drug-likeness (QED) is 0.903. The number of hydrogen-bond donors (Lipinski definition) is 2. The highest BCUT2D eigenvalue weighted by Crippen LogP contribution is 2.21. The summed E-state index contributed by atoms with van der Waals surface area (Å²) in [6, 6.07) is 12.2. The average molecular weight is 276 g/mol. The second kappa shape index (κ2) is 5.76. The predicted molar refractivity (Wildman–Crippen MR) is 75.5 cm³/mol. The summed E-state index contributed by atoms with van der Waals surface area (Å²) in [6.45, 7) is 2.40. The maximum atomic E-state index is 12.0. The van der Waals surface area contributed by atoms with E-state index in [4.69, 9.17) is 11.6 Å². The highest BCUT2D eigenvalue weighted by molar-refractivity contribution is 6.31. The first-order chi connectivity index (χ1) is 9.08. The first-order valence-electron chi connectivity index (χ1n) is 5.89. The molecule has 0 aromatic heterocycles. The largest absolute Gasteiger partial charge is 0.507 e. The molecule has 1 amide bonds. The van der Waals surface area contributed by atoms with Gasteiger partial charge in [0.1, 0.15) is 5.75 Å². The van der Waals surface area contributed by atoms with Gasteiger partial charge in [0.25, 0.3) is 5.91 Å². The number of halogens is 1. The second-order valence-electron chi connectivity index (χ2n) is 4.27. The van der Waals surface area contributed by atoms with Crippen LogP contribution in [0.15, 0.2) is 42.5 Å². The van der Waals surface area contributed by atoms with Crippen LogP contribution in [0.25, 0.3) is 0 Å². The second-order valence-corrected chi connectivity index (χ2v) is 4.71. The number of hydrogen-bond acceptors (Lipinski definition) is 2. The minimum atomic E-state index is -0.344. The molecule has 2 aromatic carbocycles. The van der Waals surface area contributed by atoms with Crippen molar-refractivity contribution < 1.29 is 9.90 Å². The van der Waals surface area contributed by atoms with Crippen molar-refractivity contribution >= 4 is 17.5 Å². The van der Waals surface area contributed by atoms with Gasteiger partial charge in [-0.3, -0.25) is 4.79 Å². The number of phenols is 1. The minimum Gasteiger partial charge on any atom is -0.507 e. The maximum Gasteiger partial charge on any atom is 0.255 e. The Labute approximate surface area is 116 Å². The third-order valence-corrected chi connectivity index (χ3v) is 3.14. The number of aryl methyl sites for hydroxylation is 1. The van der Waals surface area contributed by atoms with Crippen molar-refractivity contribution in [2.45, 2.75) is 13.5 Å². The maximum absolute atomic E-state index is 12.0. The molecule has 4 heteroatoms. The third kappa shape index (κ3) is 3.26. The first kappa shape index (κ1) is 13.4. The number of carbonyl (C=O) groups excluding carboxylic acids is 1. The monoisotopic (exact) mass is 275 g/mol. The molecule has 0 saturated heterocycles. The van der Waals surface area contributed by atoms with Crippen molar-refractivity contribution in [2.75, 3.05) is 0 Å². The Kier molecular flexibility index (Phi) is 4.07. The summed E-state index contributed by atoms with van der Waals surface area (Å²) in [4.78, 5) is 12.0. The van der Waals surface area contributed by atoms with Crippen LogP contribution < -0.4 is 5.32 Å². The average Bonchev–Trinajstić information content (AvgIpc) is 2.40. The minimum absolute atomic E-state index is 0.0771. The normalized spacial score (nSPS) is 10.2. The Morgan fingerprint density at radius 2 is 2.00 bits per heavy atom. The number of aromatic hydroxyl groups is 1. The zero-order chi connectivity index (χ0) is 13.8. The van der Waals surface area contributed by atoms with E-state index in [0.29, 0.717) is 11.6 Å². The summed E-state index contributed by atoms with van der Waals surface area (Å²) in [6.07, 6.45) is 0. The van der Waals surface area contributed by atoms with Crippen LogP contribution in [0.5, 0.6) is 5.75 Å². The highest BCUT2D eigenvalue weighted by Gasteiger charge is 2.11. The molecule has 0 spiro atoms. The molecular formula is C15H14ClNO2. The standard InChI is InChI=1S/C15H14ClNO2/c1-10-4-2-3-5-11(10)9-17-15(19)13-8-12(16)6-7-14(13)18/h2-8,18H,9H2,1H3,(H,17,19). The molecule has 0 aliphatic carbocycles. The van der Waals surface area contributed by atoms with E-state index in [1.807, 2.05) is 31.2 Å². The number of amides is 1. The van der Waals surface area contributed by atoms with E-state index < -0.39 is 0 Å². The molecule has 2 rings (SSSR count). The van der Waals surface area contributed by atoms with Crippen molar-refractivity contribution in [3.05, 3.63) is 64.2 Å². The van der Waals surface area contributed by atoms with Gasteiger partial charge in [0.05, 0.1) is 5.56 Å². The van der Waals surface area contributed by atoms with E-state index in [1.54, 1.807) is 0 Å². The van der Waals surface area contributed by atoms with E-state index in [0.717, 1.165) is 11.1 Å². The molecule has 0 aliphatic rings. The molecule has 2 aromatic rings. The first-order valence-corrected chi connectivity index (χ1v) is 6.27. The van der Waals surface area contributed by atoms with Gasteiger partial charge in [-0.15, -0.1) is 0 Å². The van der Waals surface area contributed by atoms with Gasteiger partial charge >= 0.3 is 0 Å². The lowest BCUT2D eigenvalue weighted by molar-refractivity contribution is 0.0948. The Balaban J connectivity index is 2.10. The van der Waals surface area contributed by atoms with Gasteiger partial charge in [0, 0.05) is 11.6 Å². The molecule has 0 heterocycles. The van der Waals surface area contributed by atoms with Crippen LogP contribution in [0.2, 0.25) is 5.02 Å². The molecule has 0 saturated carbocycles. The van der Waals surface area contributed by atoms with E-state index in [2.05, 4.69) is 5.32 Å².